The largest absolute Gasteiger partial charge is 0.312 e. The minimum absolute atomic E-state index is 0.0481. The average Bonchev–Trinajstić information content (AvgIpc) is 3.13. The van der Waals surface area contributed by atoms with Crippen molar-refractivity contribution in [2.24, 2.45) is 4.99 Å². The van der Waals surface area contributed by atoms with Gasteiger partial charge in [-0.3, -0.25) is 14.9 Å². The van der Waals surface area contributed by atoms with Gasteiger partial charge in [-0.15, -0.1) is 6.58 Å². The monoisotopic (exact) mass is 488 g/mol. The van der Waals surface area contributed by atoms with Crippen LogP contribution in [0.2, 0.25) is 0 Å². The van der Waals surface area contributed by atoms with Gasteiger partial charge in [0, 0.05) is 37.8 Å². The molecule has 0 unspecified atom stereocenters. The average molecular weight is 489 g/mol. The second-order valence-corrected chi connectivity index (χ2v) is 10.4. The van der Waals surface area contributed by atoms with Gasteiger partial charge in [0.05, 0.1) is 20.0 Å². The number of thiazole rings is 1. The summed E-state index contributed by atoms with van der Waals surface area (Å²) in [7, 11) is -2.10. The Morgan fingerprint density at radius 1 is 1.27 bits per heavy atom. The summed E-state index contributed by atoms with van der Waals surface area (Å²) in [6.07, 6.45) is 3.28. The molecular formula is C22H24N4O5S2. The highest BCUT2D eigenvalue weighted by molar-refractivity contribution is 7.89. The molecule has 9 nitrogen and oxygen atoms in total. The van der Waals surface area contributed by atoms with Crippen LogP contribution in [0.15, 0.2) is 65.0 Å². The first kappa shape index (κ1) is 24.5. The number of nitrogens with zero attached hydrogens (tertiary/aromatic N) is 4. The van der Waals surface area contributed by atoms with E-state index in [4.69, 9.17) is 0 Å². The van der Waals surface area contributed by atoms with E-state index in [0.717, 1.165) is 24.2 Å². The van der Waals surface area contributed by atoms with E-state index in [1.165, 1.54) is 47.8 Å². The van der Waals surface area contributed by atoms with Crippen LogP contribution in [0.25, 0.3) is 10.2 Å². The highest BCUT2D eigenvalue weighted by atomic mass is 32.2. The topological polar surface area (TPSA) is 115 Å². The molecule has 0 radical (unpaired) electrons. The van der Waals surface area contributed by atoms with Gasteiger partial charge in [0.15, 0.2) is 4.80 Å². The van der Waals surface area contributed by atoms with E-state index in [-0.39, 0.29) is 16.1 Å². The van der Waals surface area contributed by atoms with Gasteiger partial charge in [-0.05, 0) is 36.8 Å². The number of unbranched alkanes of at least 4 members (excludes halogenated alkanes) is 1. The Morgan fingerprint density at radius 2 is 1.97 bits per heavy atom. The number of nitro groups is 1. The fourth-order valence-corrected chi connectivity index (χ4v) is 5.45. The van der Waals surface area contributed by atoms with Crippen LogP contribution < -0.4 is 4.80 Å². The molecular weight excluding hydrogens is 464 g/mol. The molecule has 0 atom stereocenters. The van der Waals surface area contributed by atoms with Crippen LogP contribution in [-0.2, 0) is 16.6 Å². The summed E-state index contributed by atoms with van der Waals surface area (Å²) in [4.78, 5) is 28.1. The Labute approximate surface area is 195 Å². The molecule has 0 saturated heterocycles. The molecule has 1 amide bonds. The molecule has 3 rings (SSSR count). The predicted octanol–water partition coefficient (Wildman–Crippen LogP) is 3.96. The third kappa shape index (κ3) is 5.27. The molecule has 0 spiro atoms. The zero-order valence-corrected chi connectivity index (χ0v) is 19.9. The third-order valence-corrected chi connectivity index (χ3v) is 7.93. The smallest absolute Gasteiger partial charge is 0.279 e. The molecule has 0 aliphatic heterocycles. The number of allylic oxidation sites excluding steroid dienone is 1. The number of fused-ring (bicyclic) bond motifs is 1. The lowest BCUT2D eigenvalue weighted by molar-refractivity contribution is -0.384. The van der Waals surface area contributed by atoms with E-state index in [2.05, 4.69) is 11.6 Å². The van der Waals surface area contributed by atoms with Gasteiger partial charge in [0.2, 0.25) is 10.0 Å². The van der Waals surface area contributed by atoms with Crippen molar-refractivity contribution in [1.82, 2.24) is 8.87 Å². The lowest BCUT2D eigenvalue weighted by Crippen LogP contribution is -2.27. The fraction of sp³-hybridized carbons (Fsp3) is 0.273. The van der Waals surface area contributed by atoms with E-state index in [1.807, 2.05) is 6.92 Å². The Balaban J connectivity index is 1.96. The number of carbonyl (C=O) groups excluding carboxylic acids is 1. The normalized spacial score (nSPS) is 12.4. The lowest BCUT2D eigenvalue weighted by Gasteiger charge is -2.16. The number of non-ortho nitro benzene ring substituents is 1. The van der Waals surface area contributed by atoms with Crippen molar-refractivity contribution < 1.29 is 18.1 Å². The first-order valence-corrected chi connectivity index (χ1v) is 12.5. The van der Waals surface area contributed by atoms with Gasteiger partial charge < -0.3 is 4.57 Å². The van der Waals surface area contributed by atoms with Crippen LogP contribution in [0.1, 0.15) is 30.1 Å². The fourth-order valence-electron chi connectivity index (χ4n) is 3.17. The van der Waals surface area contributed by atoms with Gasteiger partial charge in [-0.1, -0.05) is 30.8 Å². The van der Waals surface area contributed by atoms with Crippen LogP contribution in [0, 0.1) is 10.1 Å². The quantitative estimate of drug-likeness (QED) is 0.257. The molecule has 0 N–H and O–H groups in total. The summed E-state index contributed by atoms with van der Waals surface area (Å²) >= 11 is 1.16. The zero-order valence-electron chi connectivity index (χ0n) is 18.3. The second kappa shape index (κ2) is 10.2. The Bertz CT molecular complexity index is 1370. The molecule has 33 heavy (non-hydrogen) atoms. The minimum Gasteiger partial charge on any atom is -0.312 e. The molecule has 11 heteroatoms. The molecule has 174 valence electrons. The highest BCUT2D eigenvalue weighted by Gasteiger charge is 2.20. The van der Waals surface area contributed by atoms with Crippen molar-refractivity contribution in [3.63, 3.8) is 0 Å². The number of benzene rings is 2. The third-order valence-electron chi connectivity index (χ3n) is 5.02. The molecule has 2 aromatic carbocycles. The second-order valence-electron chi connectivity index (χ2n) is 7.31. The number of nitro benzene ring substituents is 1. The molecule has 1 aromatic heterocycles. The number of hydrogen-bond donors (Lipinski definition) is 0. The molecule has 0 aliphatic rings. The number of aromatic nitrogens is 1. The van der Waals surface area contributed by atoms with Gasteiger partial charge in [-0.2, -0.15) is 4.99 Å². The van der Waals surface area contributed by atoms with Gasteiger partial charge in [0.1, 0.15) is 0 Å². The van der Waals surface area contributed by atoms with E-state index in [9.17, 15) is 23.3 Å². The maximum atomic E-state index is 12.8. The van der Waals surface area contributed by atoms with E-state index < -0.39 is 20.9 Å². The maximum Gasteiger partial charge on any atom is 0.279 e. The molecule has 0 fully saturated rings. The van der Waals surface area contributed by atoms with Crippen LogP contribution in [-0.4, -0.2) is 41.7 Å². The summed E-state index contributed by atoms with van der Waals surface area (Å²) in [6, 6.07) is 10.1. The highest BCUT2D eigenvalue weighted by Crippen LogP contribution is 2.23. The first-order chi connectivity index (χ1) is 15.7. The SMILES string of the molecule is C=CCn1c(=NC(=O)c2ccc(S(=O)(=O)N(C)CCCC)cc2)sc2cc([N+](=O)[O-])ccc21. The van der Waals surface area contributed by atoms with E-state index >= 15 is 0 Å². The molecule has 0 aliphatic carbocycles. The number of rotatable bonds is 9. The summed E-state index contributed by atoms with van der Waals surface area (Å²) in [5.74, 6) is -0.544. The number of hydrogen-bond acceptors (Lipinski definition) is 6. The van der Waals surface area contributed by atoms with E-state index in [1.54, 1.807) is 16.7 Å². The Kier molecular flexibility index (Phi) is 7.57. The van der Waals surface area contributed by atoms with Crippen molar-refractivity contribution in [2.45, 2.75) is 31.2 Å². The molecule has 3 aromatic rings. The van der Waals surface area contributed by atoms with Crippen LogP contribution >= 0.6 is 11.3 Å². The Morgan fingerprint density at radius 3 is 2.58 bits per heavy atom. The van der Waals surface area contributed by atoms with Crippen molar-refractivity contribution in [1.29, 1.82) is 0 Å². The summed E-state index contributed by atoms with van der Waals surface area (Å²) in [5, 5.41) is 11.1. The van der Waals surface area contributed by atoms with Crippen LogP contribution in [0.5, 0.6) is 0 Å². The van der Waals surface area contributed by atoms with Gasteiger partial charge >= 0.3 is 0 Å². The molecule has 1 heterocycles. The zero-order chi connectivity index (χ0) is 24.2. The minimum atomic E-state index is -3.63. The summed E-state index contributed by atoms with van der Waals surface area (Å²) < 4.78 is 29.0. The van der Waals surface area contributed by atoms with Crippen molar-refractivity contribution in [3.8, 4) is 0 Å². The predicted molar refractivity (Wildman–Crippen MR) is 128 cm³/mol. The van der Waals surface area contributed by atoms with Crippen molar-refractivity contribution in [3.05, 3.63) is 75.6 Å². The van der Waals surface area contributed by atoms with Gasteiger partial charge in [-0.25, -0.2) is 12.7 Å². The summed E-state index contributed by atoms with van der Waals surface area (Å²) in [5.41, 5.74) is 0.889. The summed E-state index contributed by atoms with van der Waals surface area (Å²) in [6.45, 7) is 6.49. The van der Waals surface area contributed by atoms with Crippen molar-refractivity contribution in [2.75, 3.05) is 13.6 Å². The number of carbonyl (C=O) groups is 1. The standard InChI is InChI=1S/C22H24N4O5S2/c1-4-6-14-24(3)33(30,31)18-10-7-16(8-11-18)21(27)23-22-25(13-5-2)19-12-9-17(26(28)29)15-20(19)32-22/h5,7-12,15H,2,4,6,13-14H2,1,3H3. The van der Waals surface area contributed by atoms with Crippen LogP contribution in [0.4, 0.5) is 5.69 Å². The van der Waals surface area contributed by atoms with Crippen molar-refractivity contribution >= 4 is 43.2 Å². The van der Waals surface area contributed by atoms with Gasteiger partial charge in [0.25, 0.3) is 11.6 Å². The number of sulfonamides is 1. The lowest BCUT2D eigenvalue weighted by atomic mass is 10.2. The Hall–Kier alpha value is -3.15. The first-order valence-electron chi connectivity index (χ1n) is 10.2. The maximum absolute atomic E-state index is 12.8. The number of amides is 1. The van der Waals surface area contributed by atoms with Crippen LogP contribution in [0.3, 0.4) is 0 Å². The molecule has 0 saturated carbocycles. The van der Waals surface area contributed by atoms with E-state index in [0.29, 0.717) is 28.1 Å². The molecule has 0 bridgehead atoms.